The maximum Gasteiger partial charge on any atom is 0.265 e. The van der Waals surface area contributed by atoms with Crippen LogP contribution < -0.4 is 4.90 Å². The van der Waals surface area contributed by atoms with Crippen molar-refractivity contribution < 1.29 is 4.79 Å². The lowest BCUT2D eigenvalue weighted by atomic mass is 9.74. The van der Waals surface area contributed by atoms with E-state index in [0.717, 1.165) is 11.3 Å². The Morgan fingerprint density at radius 2 is 1.59 bits per heavy atom. The van der Waals surface area contributed by atoms with Crippen molar-refractivity contribution in [2.24, 2.45) is 0 Å². The van der Waals surface area contributed by atoms with Crippen molar-refractivity contribution >= 4 is 11.6 Å². The molecule has 4 heteroatoms. The van der Waals surface area contributed by atoms with E-state index >= 15 is 0 Å². The lowest BCUT2D eigenvalue weighted by Gasteiger charge is -2.55. The molecule has 1 fully saturated rings. The molecule has 0 saturated carbocycles. The predicted octanol–water partition coefficient (Wildman–Crippen LogP) is 2.60. The molecule has 0 bridgehead atoms. The quantitative estimate of drug-likeness (QED) is 0.817. The van der Waals surface area contributed by atoms with Crippen LogP contribution in [-0.2, 0) is 4.79 Å². The number of benzene rings is 2. The van der Waals surface area contributed by atoms with Gasteiger partial charge >= 0.3 is 0 Å². The second-order valence-corrected chi connectivity index (χ2v) is 5.60. The summed E-state index contributed by atoms with van der Waals surface area (Å²) in [7, 11) is 3.55. The largest absolute Gasteiger partial charge is 0.299 e. The van der Waals surface area contributed by atoms with Crippen LogP contribution in [0.5, 0.6) is 0 Å². The van der Waals surface area contributed by atoms with E-state index in [9.17, 15) is 10.1 Å². The lowest BCUT2D eigenvalue weighted by Crippen LogP contribution is -2.73. The minimum Gasteiger partial charge on any atom is -0.299 e. The van der Waals surface area contributed by atoms with Gasteiger partial charge < -0.3 is 0 Å². The fraction of sp³-hybridized carbons (Fsp3) is 0.222. The lowest BCUT2D eigenvalue weighted by molar-refractivity contribution is -0.136. The minimum atomic E-state index is -1.16. The van der Waals surface area contributed by atoms with Gasteiger partial charge in [0.1, 0.15) is 6.04 Å². The molecule has 1 saturated heterocycles. The van der Waals surface area contributed by atoms with Crippen LogP contribution in [0.3, 0.4) is 0 Å². The second kappa shape index (κ2) is 5.28. The summed E-state index contributed by atoms with van der Waals surface area (Å²) in [5.41, 5.74) is 0.618. The van der Waals surface area contributed by atoms with Crippen LogP contribution in [0.15, 0.2) is 60.7 Å². The van der Waals surface area contributed by atoms with Crippen LogP contribution in [0.4, 0.5) is 5.69 Å². The fourth-order valence-electron chi connectivity index (χ4n) is 3.06. The van der Waals surface area contributed by atoms with Crippen molar-refractivity contribution in [1.82, 2.24) is 4.90 Å². The molecule has 2 aromatic rings. The molecule has 2 atom stereocenters. The van der Waals surface area contributed by atoms with Crippen LogP contribution in [0.2, 0.25) is 0 Å². The number of hydrogen-bond donors (Lipinski definition) is 0. The molecular weight excluding hydrogens is 274 g/mol. The first-order valence-corrected chi connectivity index (χ1v) is 7.15. The highest BCUT2D eigenvalue weighted by atomic mass is 16.2. The molecule has 0 spiro atoms. The first-order chi connectivity index (χ1) is 10.6. The standard InChI is InChI=1S/C18H17N3O/c1-20(2)18(13-19)16(14-9-5-3-6-10-14)21(17(18)22)15-11-7-4-8-12-15/h3-12,16H,1-2H3/t16-,18+/m0/s1. The Morgan fingerprint density at radius 3 is 2.09 bits per heavy atom. The summed E-state index contributed by atoms with van der Waals surface area (Å²) in [5, 5.41) is 9.73. The zero-order valence-electron chi connectivity index (χ0n) is 12.6. The Kier molecular flexibility index (Phi) is 3.44. The summed E-state index contributed by atoms with van der Waals surface area (Å²) in [6, 6.07) is 21.1. The van der Waals surface area contributed by atoms with E-state index in [4.69, 9.17) is 0 Å². The molecule has 0 radical (unpaired) electrons. The van der Waals surface area contributed by atoms with Crippen molar-refractivity contribution in [3.05, 3.63) is 66.2 Å². The zero-order valence-corrected chi connectivity index (χ0v) is 12.6. The van der Waals surface area contributed by atoms with Gasteiger partial charge in [0.25, 0.3) is 5.91 Å². The highest BCUT2D eigenvalue weighted by molar-refractivity contribution is 6.11. The Labute approximate surface area is 130 Å². The molecule has 1 aliphatic rings. The summed E-state index contributed by atoms with van der Waals surface area (Å²) >= 11 is 0. The summed E-state index contributed by atoms with van der Waals surface area (Å²) < 4.78 is 0. The SMILES string of the molecule is CN(C)[C@@]1(C#N)C(=O)N(c2ccccc2)[C@H]1c1ccccc1. The third-order valence-corrected chi connectivity index (χ3v) is 4.22. The van der Waals surface area contributed by atoms with E-state index in [1.54, 1.807) is 23.9 Å². The number of carbonyl (C=O) groups is 1. The van der Waals surface area contributed by atoms with Gasteiger partial charge in [0.15, 0.2) is 0 Å². The first-order valence-electron chi connectivity index (χ1n) is 7.15. The molecule has 0 unspecified atom stereocenters. The molecule has 0 N–H and O–H groups in total. The molecule has 3 rings (SSSR count). The summed E-state index contributed by atoms with van der Waals surface area (Å²) in [6.07, 6.45) is 0. The number of rotatable bonds is 3. The van der Waals surface area contributed by atoms with Crippen molar-refractivity contribution in [3.63, 3.8) is 0 Å². The van der Waals surface area contributed by atoms with Gasteiger partial charge in [-0.1, -0.05) is 48.5 Å². The van der Waals surface area contributed by atoms with Gasteiger partial charge in [0.05, 0.1) is 6.07 Å². The topological polar surface area (TPSA) is 47.3 Å². The smallest absolute Gasteiger partial charge is 0.265 e. The molecule has 1 heterocycles. The van der Waals surface area contributed by atoms with Gasteiger partial charge in [-0.25, -0.2) is 0 Å². The third-order valence-electron chi connectivity index (χ3n) is 4.22. The number of anilines is 1. The van der Waals surface area contributed by atoms with E-state index in [1.165, 1.54) is 0 Å². The van der Waals surface area contributed by atoms with Gasteiger partial charge in [-0.3, -0.25) is 14.6 Å². The number of para-hydroxylation sites is 1. The Balaban J connectivity index is 2.13. The molecule has 1 aliphatic heterocycles. The Bertz CT molecular complexity index is 721. The van der Waals surface area contributed by atoms with Crippen molar-refractivity contribution in [3.8, 4) is 6.07 Å². The Hall–Kier alpha value is -2.64. The van der Waals surface area contributed by atoms with Crippen molar-refractivity contribution in [2.75, 3.05) is 19.0 Å². The number of β-lactam (4-membered cyclic amide) rings is 1. The maximum atomic E-state index is 12.8. The van der Waals surface area contributed by atoms with Crippen molar-refractivity contribution in [2.45, 2.75) is 11.6 Å². The number of likely N-dealkylation sites (N-methyl/N-ethyl adjacent to an activating group) is 1. The highest BCUT2D eigenvalue weighted by Crippen LogP contribution is 2.48. The minimum absolute atomic E-state index is 0.181. The first kappa shape index (κ1) is 14.3. The van der Waals surface area contributed by atoms with Gasteiger partial charge in [-0.15, -0.1) is 0 Å². The molecule has 1 amide bonds. The number of hydrogen-bond acceptors (Lipinski definition) is 3. The second-order valence-electron chi connectivity index (χ2n) is 5.60. The summed E-state index contributed by atoms with van der Waals surface area (Å²) in [6.45, 7) is 0. The van der Waals surface area contributed by atoms with Gasteiger partial charge in [-0.2, -0.15) is 5.26 Å². The molecule has 0 aromatic heterocycles. The molecule has 22 heavy (non-hydrogen) atoms. The molecule has 0 aliphatic carbocycles. The normalized spacial score (nSPS) is 24.0. The van der Waals surface area contributed by atoms with Gasteiger partial charge in [0.2, 0.25) is 5.54 Å². The van der Waals surface area contributed by atoms with Gasteiger partial charge in [0, 0.05) is 5.69 Å². The Morgan fingerprint density at radius 1 is 1.05 bits per heavy atom. The summed E-state index contributed by atoms with van der Waals surface area (Å²) in [4.78, 5) is 16.2. The molecule has 4 nitrogen and oxygen atoms in total. The monoisotopic (exact) mass is 291 g/mol. The van der Waals surface area contributed by atoms with E-state index in [2.05, 4.69) is 6.07 Å². The van der Waals surface area contributed by atoms with Crippen molar-refractivity contribution in [1.29, 1.82) is 5.26 Å². The predicted molar refractivity (Wildman–Crippen MR) is 85.1 cm³/mol. The molecule has 2 aromatic carbocycles. The van der Waals surface area contributed by atoms with Crippen LogP contribution in [0.1, 0.15) is 11.6 Å². The highest BCUT2D eigenvalue weighted by Gasteiger charge is 2.64. The van der Waals surface area contributed by atoms with E-state index in [0.29, 0.717) is 0 Å². The summed E-state index contributed by atoms with van der Waals surface area (Å²) in [5.74, 6) is -0.181. The zero-order chi connectivity index (χ0) is 15.7. The van der Waals surface area contributed by atoms with Crippen LogP contribution in [0.25, 0.3) is 0 Å². The number of carbonyl (C=O) groups excluding carboxylic acids is 1. The van der Waals surface area contributed by atoms with E-state index in [1.807, 2.05) is 60.7 Å². The van der Waals surface area contributed by atoms with Crippen LogP contribution in [0, 0.1) is 11.3 Å². The average Bonchev–Trinajstić information content (AvgIpc) is 2.55. The maximum absolute atomic E-state index is 12.8. The van der Waals surface area contributed by atoms with Crippen LogP contribution in [-0.4, -0.2) is 30.4 Å². The number of nitrogens with zero attached hydrogens (tertiary/aromatic N) is 3. The third kappa shape index (κ3) is 1.83. The molecule has 110 valence electrons. The fourth-order valence-corrected chi connectivity index (χ4v) is 3.06. The number of amides is 1. The number of nitriles is 1. The van der Waals surface area contributed by atoms with E-state index < -0.39 is 5.54 Å². The van der Waals surface area contributed by atoms with Crippen LogP contribution >= 0.6 is 0 Å². The van der Waals surface area contributed by atoms with E-state index in [-0.39, 0.29) is 11.9 Å². The van der Waals surface area contributed by atoms with Gasteiger partial charge in [-0.05, 0) is 31.8 Å². The molecular formula is C18H17N3O. The average molecular weight is 291 g/mol.